The fraction of sp³-hybridized carbons (Fsp3) is 0.500. The van der Waals surface area contributed by atoms with E-state index in [1.54, 1.807) is 18.2 Å². The van der Waals surface area contributed by atoms with Gasteiger partial charge in [0.15, 0.2) is 0 Å². The normalized spacial score (nSPS) is 17.1. The number of carbonyl (C=O) groups is 1. The highest BCUT2D eigenvalue weighted by Crippen LogP contribution is 2.34. The van der Waals surface area contributed by atoms with Gasteiger partial charge in [-0.05, 0) is 36.5 Å². The monoisotopic (exact) mass is 305 g/mol. The van der Waals surface area contributed by atoms with Crippen molar-refractivity contribution in [3.8, 4) is 0 Å². The fourth-order valence-electron chi connectivity index (χ4n) is 2.25. The lowest BCUT2D eigenvalue weighted by Crippen LogP contribution is -2.10. The number of benzene rings is 1. The van der Waals surface area contributed by atoms with Gasteiger partial charge in [0.05, 0.1) is 5.38 Å². The Balaban J connectivity index is 2.10. The smallest absolute Gasteiger partial charge is 0.326 e. The minimum Gasteiger partial charge on any atom is -0.326 e. The Bertz CT molecular complexity index is 502. The summed E-state index contributed by atoms with van der Waals surface area (Å²) in [6, 6.07) is 5.20. The number of nitrogens with one attached hydrogen (secondary N) is 1. The molecule has 0 radical (unpaired) electrons. The van der Waals surface area contributed by atoms with Gasteiger partial charge >= 0.3 is 6.18 Å². The van der Waals surface area contributed by atoms with E-state index in [2.05, 4.69) is 5.32 Å². The van der Waals surface area contributed by atoms with Crippen LogP contribution >= 0.6 is 11.6 Å². The van der Waals surface area contributed by atoms with Crippen molar-refractivity contribution in [1.29, 1.82) is 0 Å². The first kappa shape index (κ1) is 15.2. The number of alkyl halides is 4. The van der Waals surface area contributed by atoms with Crippen LogP contribution in [0.1, 0.15) is 42.2 Å². The van der Waals surface area contributed by atoms with E-state index in [-0.39, 0.29) is 12.3 Å². The molecule has 1 atom stereocenters. The molecule has 2 rings (SSSR count). The minimum atomic E-state index is -4.19. The average molecular weight is 306 g/mol. The van der Waals surface area contributed by atoms with Crippen molar-refractivity contribution in [1.82, 2.24) is 0 Å². The van der Waals surface area contributed by atoms with Crippen LogP contribution in [0.25, 0.3) is 0 Å². The van der Waals surface area contributed by atoms with E-state index in [1.807, 2.05) is 0 Å². The van der Waals surface area contributed by atoms with Crippen molar-refractivity contribution in [3.63, 3.8) is 0 Å². The average Bonchev–Trinajstić information content (AvgIpc) is 2.54. The molecule has 2 nitrogen and oxygen atoms in total. The van der Waals surface area contributed by atoms with Gasteiger partial charge in [0, 0.05) is 18.5 Å². The predicted molar refractivity (Wildman–Crippen MR) is 71.9 cm³/mol. The number of halogens is 4. The quantitative estimate of drug-likeness (QED) is 0.813. The minimum absolute atomic E-state index is 0.0315. The van der Waals surface area contributed by atoms with E-state index in [0.717, 1.165) is 24.1 Å². The van der Waals surface area contributed by atoms with Crippen LogP contribution in [0, 0.1) is 0 Å². The molecule has 20 heavy (non-hydrogen) atoms. The van der Waals surface area contributed by atoms with Gasteiger partial charge in [-0.2, -0.15) is 13.2 Å². The first-order valence-corrected chi connectivity index (χ1v) is 6.92. The van der Waals surface area contributed by atoms with Crippen LogP contribution in [-0.2, 0) is 11.2 Å². The van der Waals surface area contributed by atoms with E-state index < -0.39 is 18.0 Å². The Labute approximate surface area is 120 Å². The third kappa shape index (κ3) is 4.13. The second kappa shape index (κ2) is 6.04. The number of amides is 1. The summed E-state index contributed by atoms with van der Waals surface area (Å²) in [4.78, 5) is 11.4. The van der Waals surface area contributed by atoms with Gasteiger partial charge in [-0.15, -0.1) is 11.6 Å². The molecule has 6 heteroatoms. The summed E-state index contributed by atoms with van der Waals surface area (Å²) >= 11 is 6.04. The third-order valence-electron chi connectivity index (χ3n) is 3.30. The third-order valence-corrected chi connectivity index (χ3v) is 3.77. The van der Waals surface area contributed by atoms with Crippen molar-refractivity contribution in [2.75, 3.05) is 5.32 Å². The standard InChI is InChI=1S/C14H15ClF3NO/c15-11(6-7-14(16,17)18)9-4-5-12-10(8-9)2-1-3-13(20)19-12/h4-5,8,11H,1-3,6-7H2,(H,19,20). The van der Waals surface area contributed by atoms with E-state index in [1.165, 1.54) is 0 Å². The molecule has 0 bridgehead atoms. The van der Waals surface area contributed by atoms with Gasteiger partial charge < -0.3 is 5.32 Å². The Morgan fingerprint density at radius 2 is 2.05 bits per heavy atom. The summed E-state index contributed by atoms with van der Waals surface area (Å²) in [6.45, 7) is 0. The molecule has 0 spiro atoms. The molecule has 1 aromatic carbocycles. The Morgan fingerprint density at radius 1 is 1.30 bits per heavy atom. The summed E-state index contributed by atoms with van der Waals surface area (Å²) in [5.41, 5.74) is 2.34. The molecule has 0 aromatic heterocycles. The zero-order valence-corrected chi connectivity index (χ0v) is 11.5. The lowest BCUT2D eigenvalue weighted by molar-refractivity contribution is -0.135. The van der Waals surface area contributed by atoms with Crippen molar-refractivity contribution < 1.29 is 18.0 Å². The van der Waals surface area contributed by atoms with E-state index in [9.17, 15) is 18.0 Å². The maximum Gasteiger partial charge on any atom is 0.389 e. The largest absolute Gasteiger partial charge is 0.389 e. The van der Waals surface area contributed by atoms with Crippen LogP contribution in [-0.4, -0.2) is 12.1 Å². The molecule has 0 saturated carbocycles. The van der Waals surface area contributed by atoms with Crippen molar-refractivity contribution >= 4 is 23.2 Å². The zero-order chi connectivity index (χ0) is 14.8. The highest BCUT2D eigenvalue weighted by molar-refractivity contribution is 6.20. The second-order valence-electron chi connectivity index (χ2n) is 4.94. The number of fused-ring (bicyclic) bond motifs is 1. The van der Waals surface area contributed by atoms with E-state index >= 15 is 0 Å². The van der Waals surface area contributed by atoms with Crippen LogP contribution in [0.2, 0.25) is 0 Å². The molecule has 1 aromatic rings. The SMILES string of the molecule is O=C1CCCc2cc(C(Cl)CCC(F)(F)F)ccc2N1. The molecule has 110 valence electrons. The molecule has 1 unspecified atom stereocenters. The van der Waals surface area contributed by atoms with Crippen LogP contribution in [0.15, 0.2) is 18.2 Å². The molecular formula is C14H15ClF3NO. The van der Waals surface area contributed by atoms with Gasteiger partial charge in [-0.25, -0.2) is 0 Å². The first-order valence-electron chi connectivity index (χ1n) is 6.48. The van der Waals surface area contributed by atoms with Crippen LogP contribution in [0.4, 0.5) is 18.9 Å². The molecule has 1 amide bonds. The van der Waals surface area contributed by atoms with Crippen LogP contribution in [0.3, 0.4) is 0 Å². The van der Waals surface area contributed by atoms with Gasteiger partial charge in [-0.3, -0.25) is 4.79 Å². The highest BCUT2D eigenvalue weighted by atomic mass is 35.5. The maximum absolute atomic E-state index is 12.2. The van der Waals surface area contributed by atoms with E-state index in [4.69, 9.17) is 11.6 Å². The number of aryl methyl sites for hydroxylation is 1. The summed E-state index contributed by atoms with van der Waals surface area (Å²) in [7, 11) is 0. The fourth-order valence-corrected chi connectivity index (χ4v) is 2.49. The lowest BCUT2D eigenvalue weighted by Gasteiger charge is -2.14. The second-order valence-corrected chi connectivity index (χ2v) is 5.47. The van der Waals surface area contributed by atoms with Crippen molar-refractivity contribution in [2.24, 2.45) is 0 Å². The summed E-state index contributed by atoms with van der Waals surface area (Å²) in [5.74, 6) is -0.0315. The van der Waals surface area contributed by atoms with Crippen LogP contribution in [0.5, 0.6) is 0 Å². The van der Waals surface area contributed by atoms with Crippen LogP contribution < -0.4 is 5.32 Å². The predicted octanol–water partition coefficient (Wildman–Crippen LogP) is 4.58. The number of carbonyl (C=O) groups excluding carboxylic acids is 1. The number of hydrogen-bond donors (Lipinski definition) is 1. The Morgan fingerprint density at radius 3 is 2.75 bits per heavy atom. The van der Waals surface area contributed by atoms with Crippen molar-refractivity contribution in [2.45, 2.75) is 43.7 Å². The summed E-state index contributed by atoms with van der Waals surface area (Å²) in [5, 5.41) is 2.12. The molecule has 1 N–H and O–H groups in total. The summed E-state index contributed by atoms with van der Waals surface area (Å²) < 4.78 is 36.6. The van der Waals surface area contributed by atoms with Gasteiger partial charge in [0.1, 0.15) is 0 Å². The number of hydrogen-bond acceptors (Lipinski definition) is 1. The lowest BCUT2D eigenvalue weighted by atomic mass is 10.0. The molecule has 1 heterocycles. The zero-order valence-electron chi connectivity index (χ0n) is 10.8. The van der Waals surface area contributed by atoms with Gasteiger partial charge in [0.2, 0.25) is 5.91 Å². The Kier molecular flexibility index (Phi) is 4.58. The first-order chi connectivity index (χ1) is 9.35. The molecule has 1 aliphatic heterocycles. The number of rotatable bonds is 3. The highest BCUT2D eigenvalue weighted by Gasteiger charge is 2.28. The van der Waals surface area contributed by atoms with Crippen molar-refractivity contribution in [3.05, 3.63) is 29.3 Å². The topological polar surface area (TPSA) is 29.1 Å². The molecule has 0 fully saturated rings. The Hall–Kier alpha value is -1.23. The molecule has 0 saturated heterocycles. The number of anilines is 1. The molecule has 0 aliphatic carbocycles. The summed E-state index contributed by atoms with van der Waals surface area (Å²) in [6.07, 6.45) is -3.30. The molecular weight excluding hydrogens is 291 g/mol. The molecule has 1 aliphatic rings. The van der Waals surface area contributed by atoms with E-state index in [0.29, 0.717) is 12.0 Å². The maximum atomic E-state index is 12.2. The van der Waals surface area contributed by atoms with Gasteiger partial charge in [0.25, 0.3) is 0 Å². The van der Waals surface area contributed by atoms with Gasteiger partial charge in [-0.1, -0.05) is 12.1 Å².